The van der Waals surface area contributed by atoms with Crippen LogP contribution in [0, 0.1) is 5.92 Å². The highest BCUT2D eigenvalue weighted by Gasteiger charge is 2.29. The largest absolute Gasteiger partial charge is 0.343 e. The number of likely N-dealkylation sites (tertiary alicyclic amines) is 1. The maximum atomic E-state index is 12.2. The van der Waals surface area contributed by atoms with Gasteiger partial charge in [-0.3, -0.25) is 9.59 Å². The minimum absolute atomic E-state index is 0.0347. The van der Waals surface area contributed by atoms with Crippen LogP contribution in [0.15, 0.2) is 12.7 Å². The minimum atomic E-state index is -0.0675. The number of amides is 2. The lowest BCUT2D eigenvalue weighted by molar-refractivity contribution is -0.139. The fourth-order valence-electron chi connectivity index (χ4n) is 2.30. The van der Waals surface area contributed by atoms with E-state index in [1.165, 1.54) is 6.08 Å². The van der Waals surface area contributed by atoms with Gasteiger partial charge < -0.3 is 9.80 Å². The summed E-state index contributed by atoms with van der Waals surface area (Å²) in [5, 5.41) is 0. The highest BCUT2D eigenvalue weighted by Crippen LogP contribution is 2.19. The van der Waals surface area contributed by atoms with Crippen molar-refractivity contribution in [1.29, 1.82) is 0 Å². The summed E-state index contributed by atoms with van der Waals surface area (Å²) in [5.41, 5.74) is 0. The normalized spacial score (nSPS) is 19.9. The lowest BCUT2D eigenvalue weighted by atomic mass is 9.96. The average Bonchev–Trinajstić information content (AvgIpc) is 2.39. The molecule has 0 N–H and O–H groups in total. The molecule has 0 saturated carbocycles. The Kier molecular flexibility index (Phi) is 5.19. The number of nitrogens with zero attached hydrogens (tertiary/aromatic N) is 2. The second-order valence-corrected chi connectivity index (χ2v) is 4.34. The first-order valence-electron chi connectivity index (χ1n) is 6.34. The number of rotatable bonds is 4. The molecule has 0 radical (unpaired) electrons. The molecule has 1 heterocycles. The van der Waals surface area contributed by atoms with Crippen LogP contribution in [-0.4, -0.2) is 47.8 Å². The Morgan fingerprint density at radius 1 is 1.41 bits per heavy atom. The van der Waals surface area contributed by atoms with Gasteiger partial charge in [-0.1, -0.05) is 6.58 Å². The van der Waals surface area contributed by atoms with E-state index in [-0.39, 0.29) is 17.7 Å². The third kappa shape index (κ3) is 3.32. The zero-order chi connectivity index (χ0) is 12.8. The van der Waals surface area contributed by atoms with Crippen LogP contribution in [0.5, 0.6) is 0 Å². The Hall–Kier alpha value is -1.32. The van der Waals surface area contributed by atoms with Gasteiger partial charge in [-0.25, -0.2) is 0 Å². The maximum Gasteiger partial charge on any atom is 0.245 e. The molecule has 1 fully saturated rings. The average molecular weight is 238 g/mol. The van der Waals surface area contributed by atoms with Crippen LogP contribution in [0.25, 0.3) is 0 Å². The molecule has 1 atom stereocenters. The summed E-state index contributed by atoms with van der Waals surface area (Å²) in [6.07, 6.45) is 3.11. The molecule has 0 aromatic rings. The quantitative estimate of drug-likeness (QED) is 0.692. The molecule has 0 spiro atoms. The van der Waals surface area contributed by atoms with Crippen LogP contribution in [0.4, 0.5) is 0 Å². The van der Waals surface area contributed by atoms with Crippen LogP contribution < -0.4 is 0 Å². The van der Waals surface area contributed by atoms with Crippen molar-refractivity contribution < 1.29 is 9.59 Å². The molecule has 1 rings (SSSR count). The van der Waals surface area contributed by atoms with Crippen LogP contribution in [0.3, 0.4) is 0 Å². The van der Waals surface area contributed by atoms with Gasteiger partial charge >= 0.3 is 0 Å². The van der Waals surface area contributed by atoms with Crippen molar-refractivity contribution >= 4 is 11.8 Å². The summed E-state index contributed by atoms with van der Waals surface area (Å²) in [5.74, 6) is 0.0751. The Labute approximate surface area is 103 Å². The lowest BCUT2D eigenvalue weighted by Gasteiger charge is -2.34. The Balaban J connectivity index is 2.62. The van der Waals surface area contributed by atoms with E-state index < -0.39 is 0 Å². The van der Waals surface area contributed by atoms with Crippen LogP contribution in [0.1, 0.15) is 26.7 Å². The second kappa shape index (κ2) is 6.42. The number of hydrogen-bond acceptors (Lipinski definition) is 2. The highest BCUT2D eigenvalue weighted by atomic mass is 16.2. The summed E-state index contributed by atoms with van der Waals surface area (Å²) in [6, 6.07) is 0. The summed E-state index contributed by atoms with van der Waals surface area (Å²) >= 11 is 0. The van der Waals surface area contributed by atoms with Gasteiger partial charge in [0.25, 0.3) is 0 Å². The van der Waals surface area contributed by atoms with Crippen molar-refractivity contribution in [3.8, 4) is 0 Å². The van der Waals surface area contributed by atoms with Gasteiger partial charge in [-0.2, -0.15) is 0 Å². The zero-order valence-electron chi connectivity index (χ0n) is 10.8. The first-order chi connectivity index (χ1) is 8.13. The topological polar surface area (TPSA) is 40.6 Å². The van der Waals surface area contributed by atoms with Gasteiger partial charge in [0.15, 0.2) is 0 Å². The van der Waals surface area contributed by atoms with Crippen molar-refractivity contribution in [2.24, 2.45) is 5.92 Å². The van der Waals surface area contributed by atoms with E-state index in [0.29, 0.717) is 6.54 Å². The molecule has 0 aromatic carbocycles. The van der Waals surface area contributed by atoms with E-state index in [4.69, 9.17) is 0 Å². The predicted molar refractivity (Wildman–Crippen MR) is 67.4 cm³/mol. The smallest absolute Gasteiger partial charge is 0.245 e. The van der Waals surface area contributed by atoms with Crippen molar-refractivity contribution in [1.82, 2.24) is 9.80 Å². The standard InChI is InChI=1S/C13H22N2O2/c1-4-12(16)15-9-7-8-11(10-15)13(17)14(5-2)6-3/h4,11H,1,5-10H2,2-3H3. The van der Waals surface area contributed by atoms with Gasteiger partial charge in [-0.15, -0.1) is 0 Å². The molecule has 2 amide bonds. The molecule has 0 aromatic heterocycles. The molecule has 1 unspecified atom stereocenters. The molecule has 96 valence electrons. The third-order valence-corrected chi connectivity index (χ3v) is 3.33. The van der Waals surface area contributed by atoms with E-state index in [1.807, 2.05) is 18.7 Å². The third-order valence-electron chi connectivity index (χ3n) is 3.33. The molecule has 1 saturated heterocycles. The molecule has 4 heteroatoms. The first kappa shape index (κ1) is 13.7. The Bertz CT molecular complexity index is 298. The second-order valence-electron chi connectivity index (χ2n) is 4.34. The number of carbonyl (C=O) groups is 2. The number of carbonyl (C=O) groups excluding carboxylic acids is 2. The van der Waals surface area contributed by atoms with Crippen molar-refractivity contribution in [3.05, 3.63) is 12.7 Å². The van der Waals surface area contributed by atoms with E-state index >= 15 is 0 Å². The van der Waals surface area contributed by atoms with Crippen LogP contribution in [0.2, 0.25) is 0 Å². The van der Waals surface area contributed by atoms with Gasteiger partial charge in [0.2, 0.25) is 11.8 Å². The molecule has 1 aliphatic heterocycles. The zero-order valence-corrected chi connectivity index (χ0v) is 10.8. The van der Waals surface area contributed by atoms with Crippen LogP contribution >= 0.6 is 0 Å². The number of piperidine rings is 1. The lowest BCUT2D eigenvalue weighted by Crippen LogP contribution is -2.46. The minimum Gasteiger partial charge on any atom is -0.343 e. The first-order valence-corrected chi connectivity index (χ1v) is 6.34. The summed E-state index contributed by atoms with van der Waals surface area (Å²) in [6.45, 7) is 10.2. The molecule has 4 nitrogen and oxygen atoms in total. The summed E-state index contributed by atoms with van der Waals surface area (Å²) in [7, 11) is 0. The highest BCUT2D eigenvalue weighted by molar-refractivity contribution is 5.88. The van der Waals surface area contributed by atoms with E-state index in [0.717, 1.165) is 32.5 Å². The molecular weight excluding hydrogens is 216 g/mol. The van der Waals surface area contributed by atoms with Gasteiger partial charge in [0.1, 0.15) is 0 Å². The SMILES string of the molecule is C=CC(=O)N1CCCC(C(=O)N(CC)CC)C1. The summed E-state index contributed by atoms with van der Waals surface area (Å²) in [4.78, 5) is 27.3. The molecule has 0 bridgehead atoms. The van der Waals surface area contributed by atoms with Gasteiger partial charge in [-0.05, 0) is 32.8 Å². The Morgan fingerprint density at radius 2 is 2.06 bits per heavy atom. The van der Waals surface area contributed by atoms with Crippen LogP contribution in [-0.2, 0) is 9.59 Å². The maximum absolute atomic E-state index is 12.2. The predicted octanol–water partition coefficient (Wildman–Crippen LogP) is 1.28. The van der Waals surface area contributed by atoms with Crippen molar-refractivity contribution in [3.63, 3.8) is 0 Å². The molecule has 1 aliphatic rings. The van der Waals surface area contributed by atoms with E-state index in [9.17, 15) is 9.59 Å². The fourth-order valence-corrected chi connectivity index (χ4v) is 2.30. The van der Waals surface area contributed by atoms with Gasteiger partial charge in [0.05, 0.1) is 5.92 Å². The Morgan fingerprint density at radius 3 is 2.59 bits per heavy atom. The van der Waals surface area contributed by atoms with Gasteiger partial charge in [0, 0.05) is 26.2 Å². The van der Waals surface area contributed by atoms with Crippen molar-refractivity contribution in [2.45, 2.75) is 26.7 Å². The molecule has 0 aliphatic carbocycles. The molecule has 17 heavy (non-hydrogen) atoms. The monoisotopic (exact) mass is 238 g/mol. The fraction of sp³-hybridized carbons (Fsp3) is 0.692. The van der Waals surface area contributed by atoms with E-state index in [1.54, 1.807) is 4.90 Å². The summed E-state index contributed by atoms with van der Waals surface area (Å²) < 4.78 is 0. The molecular formula is C13H22N2O2. The van der Waals surface area contributed by atoms with Crippen molar-refractivity contribution in [2.75, 3.05) is 26.2 Å². The van der Waals surface area contributed by atoms with E-state index in [2.05, 4.69) is 6.58 Å². The number of hydrogen-bond donors (Lipinski definition) is 0.